The number of carbonyl (C=O) groups excluding carboxylic acids is 1. The monoisotopic (exact) mass is 541 g/mol. The molecule has 1 aliphatic rings. The third-order valence-electron chi connectivity index (χ3n) is 8.01. The molecular weight excluding hydrogens is 487 g/mol. The number of aliphatic carboxylic acids is 1. The Kier molecular flexibility index (Phi) is 17.6. The first kappa shape index (κ1) is 34.4. The van der Waals surface area contributed by atoms with Gasteiger partial charge in [0.25, 0.3) is 0 Å². The van der Waals surface area contributed by atoms with Gasteiger partial charge in [-0.25, -0.2) is 0 Å². The summed E-state index contributed by atoms with van der Waals surface area (Å²) in [6.45, 7) is 10.7. The number of carbonyl (C=O) groups is 1. The maximum Gasteiger partial charge on any atom is 0.430 e. The molecule has 0 amide bonds. The lowest BCUT2D eigenvalue weighted by atomic mass is 9.91. The second-order valence-corrected chi connectivity index (χ2v) is 11.1. The molecule has 0 saturated heterocycles. The van der Waals surface area contributed by atoms with Crippen LogP contribution in [0.2, 0.25) is 0 Å². The van der Waals surface area contributed by atoms with E-state index in [-0.39, 0.29) is 0 Å². The van der Waals surface area contributed by atoms with E-state index >= 15 is 0 Å². The summed E-state index contributed by atoms with van der Waals surface area (Å²) in [5.74, 6) is -3.01. The predicted molar refractivity (Wildman–Crippen MR) is 148 cm³/mol. The van der Waals surface area contributed by atoms with Gasteiger partial charge < -0.3 is 9.90 Å². The number of halogens is 3. The Balaban J connectivity index is 0.000000905. The van der Waals surface area contributed by atoms with Gasteiger partial charge in [0.1, 0.15) is 12.5 Å². The van der Waals surface area contributed by atoms with E-state index in [0.29, 0.717) is 0 Å². The van der Waals surface area contributed by atoms with Gasteiger partial charge in [-0.1, -0.05) is 104 Å². The molecule has 0 unspecified atom stereocenters. The van der Waals surface area contributed by atoms with Gasteiger partial charge in [-0.2, -0.15) is 17.7 Å². The molecule has 1 aromatic heterocycles. The molecule has 0 spiro atoms. The summed E-state index contributed by atoms with van der Waals surface area (Å²) in [6.07, 6.45) is 22.8. The summed E-state index contributed by atoms with van der Waals surface area (Å²) in [4.78, 5) is 8.78. The molecule has 0 bridgehead atoms. The van der Waals surface area contributed by atoms with Gasteiger partial charge in [-0.05, 0) is 38.2 Å². The first-order chi connectivity index (χ1) is 18.1. The minimum Gasteiger partial charge on any atom is -0.542 e. The molecular formula is C32H54F3NO2. The van der Waals surface area contributed by atoms with Gasteiger partial charge in [0.15, 0.2) is 11.4 Å². The van der Waals surface area contributed by atoms with Crippen molar-refractivity contribution >= 4 is 5.97 Å². The van der Waals surface area contributed by atoms with Crippen molar-refractivity contribution in [2.24, 2.45) is 0 Å². The highest BCUT2D eigenvalue weighted by molar-refractivity contribution is 5.70. The molecule has 1 aromatic rings. The number of rotatable bonds is 18. The lowest BCUT2D eigenvalue weighted by Crippen LogP contribution is -2.39. The SMILES string of the molecule is CCCCCCCCCCc1c(C)c(CCCCCCCCCC)c2[n+](c1C)CCC2.O=C([O-])C(F)(F)F. The average Bonchev–Trinajstić information content (AvgIpc) is 3.36. The number of fused-ring (bicyclic) bond motifs is 1. The van der Waals surface area contributed by atoms with Crippen molar-refractivity contribution in [2.45, 2.75) is 169 Å². The predicted octanol–water partition coefficient (Wildman–Crippen LogP) is 8.20. The highest BCUT2D eigenvalue weighted by atomic mass is 19.4. The van der Waals surface area contributed by atoms with Crippen molar-refractivity contribution in [1.29, 1.82) is 0 Å². The minimum absolute atomic E-state index is 1.26. The smallest absolute Gasteiger partial charge is 0.430 e. The Labute approximate surface area is 230 Å². The van der Waals surface area contributed by atoms with Crippen LogP contribution in [0, 0.1) is 13.8 Å². The minimum atomic E-state index is -5.19. The molecule has 0 atom stereocenters. The van der Waals surface area contributed by atoms with Gasteiger partial charge in [0.05, 0.1) is 0 Å². The molecule has 38 heavy (non-hydrogen) atoms. The van der Waals surface area contributed by atoms with Crippen molar-refractivity contribution in [3.05, 3.63) is 28.1 Å². The van der Waals surface area contributed by atoms with Crippen molar-refractivity contribution < 1.29 is 27.6 Å². The number of carboxylic acid groups (broad SMARTS) is 1. The van der Waals surface area contributed by atoms with Gasteiger partial charge in [0.2, 0.25) is 0 Å². The number of hydrogen-bond donors (Lipinski definition) is 0. The molecule has 6 heteroatoms. The molecule has 3 nitrogen and oxygen atoms in total. The number of aromatic nitrogens is 1. The van der Waals surface area contributed by atoms with Crippen LogP contribution in [0.1, 0.15) is 151 Å². The summed E-state index contributed by atoms with van der Waals surface area (Å²) in [5, 5.41) is 8.78. The van der Waals surface area contributed by atoms with Crippen LogP contribution in [0.3, 0.4) is 0 Å². The quantitative estimate of drug-likeness (QED) is 0.139. The Morgan fingerprint density at radius 3 is 1.55 bits per heavy atom. The Morgan fingerprint density at radius 2 is 1.13 bits per heavy atom. The van der Waals surface area contributed by atoms with Crippen LogP contribution in [0.4, 0.5) is 13.2 Å². The fourth-order valence-electron chi connectivity index (χ4n) is 5.76. The molecule has 2 heterocycles. The Hall–Kier alpha value is -1.59. The van der Waals surface area contributed by atoms with E-state index in [2.05, 4.69) is 32.3 Å². The molecule has 0 radical (unpaired) electrons. The standard InChI is InChI=1S/C30H54N.C2HF3O2/c1-5-7-9-11-13-15-17-19-22-28-26(3)29(30-24-21-25-31(30)27(28)4)23-20-18-16-14-12-10-8-6-2;3-2(4,5)1(6)7/h5-25H2,1-4H3;(H,6,7)/q+1;/p-1. The molecule has 220 valence electrons. The van der Waals surface area contributed by atoms with Crippen molar-refractivity contribution in [2.75, 3.05) is 0 Å². The van der Waals surface area contributed by atoms with Gasteiger partial charge >= 0.3 is 6.18 Å². The van der Waals surface area contributed by atoms with Crippen LogP contribution in [0.25, 0.3) is 0 Å². The molecule has 0 saturated carbocycles. The fraction of sp³-hybridized carbons (Fsp3) is 0.812. The number of hydrogen-bond acceptors (Lipinski definition) is 2. The molecule has 0 fully saturated rings. The number of carboxylic acids is 1. The van der Waals surface area contributed by atoms with E-state index in [1.807, 2.05) is 0 Å². The molecule has 0 N–H and O–H groups in total. The molecule has 2 rings (SSSR count). The van der Waals surface area contributed by atoms with Crippen LogP contribution in [-0.4, -0.2) is 12.1 Å². The van der Waals surface area contributed by atoms with Gasteiger partial charge in [0, 0.05) is 30.9 Å². The van der Waals surface area contributed by atoms with Crippen LogP contribution in [-0.2, 0) is 30.6 Å². The van der Waals surface area contributed by atoms with E-state index in [9.17, 15) is 13.2 Å². The van der Waals surface area contributed by atoms with Crippen LogP contribution >= 0.6 is 0 Å². The average molecular weight is 542 g/mol. The molecule has 0 aliphatic carbocycles. The number of pyridine rings is 1. The lowest BCUT2D eigenvalue weighted by Gasteiger charge is -2.15. The number of nitrogens with zero attached hydrogens (tertiary/aromatic N) is 1. The van der Waals surface area contributed by atoms with Crippen LogP contribution in [0.15, 0.2) is 0 Å². The van der Waals surface area contributed by atoms with Crippen molar-refractivity contribution in [3.8, 4) is 0 Å². The van der Waals surface area contributed by atoms with E-state index in [0.717, 1.165) is 0 Å². The first-order valence-corrected chi connectivity index (χ1v) is 15.5. The van der Waals surface area contributed by atoms with Crippen LogP contribution < -0.4 is 9.67 Å². The van der Waals surface area contributed by atoms with E-state index in [4.69, 9.17) is 9.90 Å². The van der Waals surface area contributed by atoms with Crippen LogP contribution in [0.5, 0.6) is 0 Å². The van der Waals surface area contributed by atoms with E-state index in [1.54, 1.807) is 28.1 Å². The number of unbranched alkanes of at least 4 members (excludes halogenated alkanes) is 14. The third-order valence-corrected chi connectivity index (χ3v) is 8.01. The molecule has 1 aliphatic heterocycles. The largest absolute Gasteiger partial charge is 0.542 e. The summed E-state index contributed by atoms with van der Waals surface area (Å²) in [7, 11) is 0. The highest BCUT2D eigenvalue weighted by Gasteiger charge is 2.30. The summed E-state index contributed by atoms with van der Waals surface area (Å²) in [5.41, 5.74) is 8.39. The second kappa shape index (κ2) is 19.5. The van der Waals surface area contributed by atoms with E-state index < -0.39 is 12.1 Å². The van der Waals surface area contributed by atoms with Gasteiger partial charge in [-0.15, -0.1) is 0 Å². The van der Waals surface area contributed by atoms with E-state index in [1.165, 1.54) is 135 Å². The zero-order chi connectivity index (χ0) is 28.4. The Morgan fingerprint density at radius 1 is 0.737 bits per heavy atom. The van der Waals surface area contributed by atoms with Crippen molar-refractivity contribution in [3.63, 3.8) is 0 Å². The second-order valence-electron chi connectivity index (χ2n) is 11.1. The summed E-state index contributed by atoms with van der Waals surface area (Å²) >= 11 is 0. The Bertz CT molecular complexity index is 805. The normalized spacial score (nSPS) is 12.8. The molecule has 0 aromatic carbocycles. The maximum atomic E-state index is 10.5. The maximum absolute atomic E-state index is 10.5. The fourth-order valence-corrected chi connectivity index (χ4v) is 5.76. The van der Waals surface area contributed by atoms with Crippen molar-refractivity contribution in [1.82, 2.24) is 0 Å². The summed E-state index contributed by atoms with van der Waals surface area (Å²) in [6, 6.07) is 0. The zero-order valence-corrected chi connectivity index (χ0v) is 24.7. The first-order valence-electron chi connectivity index (χ1n) is 15.5. The topological polar surface area (TPSA) is 44.0 Å². The lowest BCUT2D eigenvalue weighted by molar-refractivity contribution is -0.697. The third kappa shape index (κ3) is 13.0. The summed E-state index contributed by atoms with van der Waals surface area (Å²) < 4.78 is 34.3. The van der Waals surface area contributed by atoms with Gasteiger partial charge in [-0.3, -0.25) is 0 Å². The highest BCUT2D eigenvalue weighted by Crippen LogP contribution is 2.26. The number of alkyl halides is 3. The zero-order valence-electron chi connectivity index (χ0n) is 24.7.